The zero-order chi connectivity index (χ0) is 13.8. The van der Waals surface area contributed by atoms with Crippen LogP contribution in [0.15, 0.2) is 18.2 Å². The summed E-state index contributed by atoms with van der Waals surface area (Å²) < 4.78 is 10.6. The fourth-order valence-electron chi connectivity index (χ4n) is 1.26. The molecule has 1 N–H and O–H groups in total. The first kappa shape index (κ1) is 15.4. The van der Waals surface area contributed by atoms with Crippen molar-refractivity contribution in [3.05, 3.63) is 29.3 Å². The molecule has 0 unspecified atom stereocenters. The molecule has 100 valence electrons. The summed E-state index contributed by atoms with van der Waals surface area (Å²) in [5.74, 6) is 0.628. The summed E-state index contributed by atoms with van der Waals surface area (Å²) in [6.07, 6.45) is 0. The molecule has 1 rings (SSSR count). The van der Waals surface area contributed by atoms with Gasteiger partial charge < -0.3 is 13.7 Å². The van der Waals surface area contributed by atoms with E-state index in [9.17, 15) is 4.79 Å². The van der Waals surface area contributed by atoms with E-state index in [4.69, 9.17) is 8.92 Å². The predicted molar refractivity (Wildman–Crippen MR) is 80.1 cm³/mol. The van der Waals surface area contributed by atoms with E-state index in [0.717, 1.165) is 11.3 Å². The van der Waals surface area contributed by atoms with Gasteiger partial charge in [-0.2, -0.15) is 0 Å². The molecule has 5 heteroatoms. The molecular formula is C13H18BrO3S+. The Morgan fingerprint density at radius 2 is 2.06 bits per heavy atom. The van der Waals surface area contributed by atoms with Crippen LogP contribution in [0.1, 0.15) is 31.9 Å². The third-order valence-electron chi connectivity index (χ3n) is 2.07. The quantitative estimate of drug-likeness (QED) is 0.363. The van der Waals surface area contributed by atoms with Gasteiger partial charge in [0.2, 0.25) is 0 Å². The van der Waals surface area contributed by atoms with Crippen molar-refractivity contribution in [3.8, 4) is 5.75 Å². The fraction of sp³-hybridized carbons (Fsp3) is 0.462. The van der Waals surface area contributed by atoms with Crippen LogP contribution in [-0.4, -0.2) is 22.6 Å². The van der Waals surface area contributed by atoms with Crippen molar-refractivity contribution < 1.29 is 13.7 Å². The molecule has 0 aliphatic heterocycles. The predicted octanol–water partition coefficient (Wildman–Crippen LogP) is 3.90. The Balaban J connectivity index is 3.02. The van der Waals surface area contributed by atoms with Crippen molar-refractivity contribution >= 4 is 33.9 Å². The first-order valence-electron chi connectivity index (χ1n) is 5.53. The molecular weight excluding hydrogens is 316 g/mol. The Hall–Kier alpha value is -0.680. The highest BCUT2D eigenvalue weighted by Crippen LogP contribution is 2.32. The molecule has 0 bridgehead atoms. The molecule has 0 heterocycles. The minimum atomic E-state index is -0.101. The van der Waals surface area contributed by atoms with E-state index < -0.39 is 0 Å². The second-order valence-electron chi connectivity index (χ2n) is 4.70. The van der Waals surface area contributed by atoms with Gasteiger partial charge in [0.15, 0.2) is 7.11 Å². The van der Waals surface area contributed by atoms with Crippen molar-refractivity contribution in [1.82, 2.24) is 0 Å². The lowest BCUT2D eigenvalue weighted by atomic mass is 10.1. The summed E-state index contributed by atoms with van der Waals surface area (Å²) >= 11 is 4.80. The minimum absolute atomic E-state index is 0.00655. The highest BCUT2D eigenvalue weighted by Gasteiger charge is 2.22. The van der Waals surface area contributed by atoms with Crippen LogP contribution in [0.2, 0.25) is 0 Å². The van der Waals surface area contributed by atoms with Gasteiger partial charge in [-0.05, 0) is 32.9 Å². The van der Waals surface area contributed by atoms with Crippen LogP contribution < -0.4 is 4.18 Å². The van der Waals surface area contributed by atoms with E-state index in [0.29, 0.717) is 10.9 Å². The van der Waals surface area contributed by atoms with Gasteiger partial charge in [0.1, 0.15) is 11.3 Å². The average molecular weight is 334 g/mol. The molecule has 0 saturated carbocycles. The summed E-state index contributed by atoms with van der Waals surface area (Å²) in [7, 11) is 1.44. The lowest BCUT2D eigenvalue weighted by molar-refractivity contribution is 0.356. The topological polar surface area (TPSA) is 39.9 Å². The second kappa shape index (κ2) is 6.48. The third-order valence-corrected chi connectivity index (χ3v) is 3.40. The van der Waals surface area contributed by atoms with Gasteiger partial charge in [-0.3, -0.25) is 0 Å². The smallest absolute Gasteiger partial charge is 0.425 e. The zero-order valence-corrected chi connectivity index (χ0v) is 13.4. The van der Waals surface area contributed by atoms with Crippen molar-refractivity contribution in [2.75, 3.05) is 7.11 Å². The summed E-state index contributed by atoms with van der Waals surface area (Å²) in [5.41, 5.74) is 1.51. The van der Waals surface area contributed by atoms with Crippen LogP contribution in [0.4, 0.5) is 0 Å². The normalized spacial score (nSPS) is 11.2. The van der Waals surface area contributed by atoms with E-state index in [2.05, 4.69) is 36.7 Å². The van der Waals surface area contributed by atoms with Gasteiger partial charge in [0, 0.05) is 15.6 Å². The Bertz CT molecular complexity index is 427. The number of halogens is 1. The number of esters is 1. The Morgan fingerprint density at radius 1 is 1.39 bits per heavy atom. The van der Waals surface area contributed by atoms with Crippen LogP contribution >= 0.6 is 28.0 Å². The Kier molecular flexibility index (Phi) is 5.53. The van der Waals surface area contributed by atoms with E-state index >= 15 is 0 Å². The summed E-state index contributed by atoms with van der Waals surface area (Å²) in [6, 6.07) is 5.50. The molecule has 1 aromatic rings. The minimum Gasteiger partial charge on any atom is -0.425 e. The fourth-order valence-corrected chi connectivity index (χ4v) is 2.34. The van der Waals surface area contributed by atoms with Crippen molar-refractivity contribution in [2.24, 2.45) is 0 Å². The maximum atomic E-state index is 9.70. The summed E-state index contributed by atoms with van der Waals surface area (Å²) in [4.78, 5) is 9.70. The first-order valence-corrected chi connectivity index (χ1v) is 7.39. The van der Waals surface area contributed by atoms with Gasteiger partial charge in [-0.25, -0.2) is 0 Å². The molecule has 0 atom stereocenters. The largest absolute Gasteiger partial charge is 0.517 e. The van der Waals surface area contributed by atoms with Crippen molar-refractivity contribution in [3.63, 3.8) is 0 Å². The first-order chi connectivity index (χ1) is 8.39. The number of benzene rings is 1. The van der Waals surface area contributed by atoms with E-state index in [1.54, 1.807) is 6.07 Å². The number of ether oxygens (including phenoxy) is 1. The second-order valence-corrected chi connectivity index (χ2v) is 6.82. The van der Waals surface area contributed by atoms with E-state index in [-0.39, 0.29) is 10.7 Å². The van der Waals surface area contributed by atoms with Gasteiger partial charge >= 0.3 is 5.97 Å². The Labute approximate surface area is 121 Å². The molecule has 0 saturated heterocycles. The number of methoxy groups -OCH3 is 1. The highest BCUT2D eigenvalue weighted by molar-refractivity contribution is 9.08. The SMILES string of the molecule is COC(=[OH+])c1cccc(OSC(C)(C)C)c1CBr. The molecule has 0 fully saturated rings. The van der Waals surface area contributed by atoms with E-state index in [1.807, 2.05) is 12.1 Å². The maximum Gasteiger partial charge on any atom is 0.517 e. The Morgan fingerprint density at radius 3 is 2.56 bits per heavy atom. The number of hydrogen-bond acceptors (Lipinski definition) is 3. The molecule has 1 aromatic carbocycles. The standard InChI is InChI=1S/C13H17BrO3S/c1-13(2,3)18-17-11-7-5-6-9(10(11)8-14)12(15)16-4/h5-7H,8H2,1-4H3/p+1. The maximum absolute atomic E-state index is 9.70. The van der Waals surface area contributed by atoms with Gasteiger partial charge in [0.25, 0.3) is 0 Å². The molecule has 0 radical (unpaired) electrons. The highest BCUT2D eigenvalue weighted by atomic mass is 79.9. The molecule has 0 aliphatic rings. The number of rotatable bonds is 4. The van der Waals surface area contributed by atoms with Crippen LogP contribution in [-0.2, 0) is 10.1 Å². The van der Waals surface area contributed by atoms with Crippen molar-refractivity contribution in [2.45, 2.75) is 30.8 Å². The molecule has 3 nitrogen and oxygen atoms in total. The molecule has 0 amide bonds. The lowest BCUT2D eigenvalue weighted by Gasteiger charge is -2.18. The molecule has 18 heavy (non-hydrogen) atoms. The van der Waals surface area contributed by atoms with Crippen LogP contribution in [0.25, 0.3) is 0 Å². The lowest BCUT2D eigenvalue weighted by Crippen LogP contribution is -2.11. The van der Waals surface area contributed by atoms with Crippen LogP contribution in [0.3, 0.4) is 0 Å². The zero-order valence-electron chi connectivity index (χ0n) is 11.0. The van der Waals surface area contributed by atoms with Crippen LogP contribution in [0.5, 0.6) is 5.75 Å². The molecule has 0 aromatic heterocycles. The summed E-state index contributed by atoms with van der Waals surface area (Å²) in [6.45, 7) is 6.23. The third kappa shape index (κ3) is 4.21. The van der Waals surface area contributed by atoms with Gasteiger partial charge in [-0.15, -0.1) is 0 Å². The average Bonchev–Trinajstić information content (AvgIpc) is 2.33. The molecule has 0 spiro atoms. The monoisotopic (exact) mass is 333 g/mol. The van der Waals surface area contributed by atoms with Crippen molar-refractivity contribution in [1.29, 1.82) is 0 Å². The summed E-state index contributed by atoms with van der Waals surface area (Å²) in [5, 5.41) is 0.580. The number of carbonyl (C=O) groups excluding carboxylic acids is 1. The van der Waals surface area contributed by atoms with Gasteiger partial charge in [-0.1, -0.05) is 22.0 Å². The van der Waals surface area contributed by atoms with Gasteiger partial charge in [0.05, 0.1) is 12.0 Å². The van der Waals surface area contributed by atoms with Crippen LogP contribution in [0, 0.1) is 0 Å². The number of alkyl halides is 1. The van der Waals surface area contributed by atoms with E-state index in [1.165, 1.54) is 19.2 Å². The molecule has 0 aliphatic carbocycles. The number of hydrogen-bond donors (Lipinski definition) is 0.